The van der Waals surface area contributed by atoms with Crippen LogP contribution in [-0.4, -0.2) is 14.9 Å². The summed E-state index contributed by atoms with van der Waals surface area (Å²) in [4.78, 5) is 0. The van der Waals surface area contributed by atoms with E-state index in [1.54, 1.807) is 4.68 Å². The number of rotatable bonds is 4. The average molecular weight is 412 g/mol. The van der Waals surface area contributed by atoms with Gasteiger partial charge in [0, 0.05) is 11.1 Å². The molecule has 0 unspecified atom stereocenters. The summed E-state index contributed by atoms with van der Waals surface area (Å²) >= 11 is 5.29. The number of nitrogens with two attached hydrogens (primary N) is 1. The van der Waals surface area contributed by atoms with Crippen molar-refractivity contribution in [2.75, 3.05) is 0 Å². The molecule has 0 saturated carbocycles. The molecule has 6 heteroatoms. The van der Waals surface area contributed by atoms with E-state index >= 15 is 0 Å². The van der Waals surface area contributed by atoms with Crippen LogP contribution in [0.1, 0.15) is 11.1 Å². The second-order valence-corrected chi connectivity index (χ2v) is 7.44. The fraction of sp³-hybridized carbons (Fsp3) is 0.0833. The number of thiocarbonyl (C=S) groups is 1. The second kappa shape index (κ2) is 8.39. The topological polar surface area (TPSA) is 68.6 Å². The first-order valence-electron chi connectivity index (χ1n) is 9.57. The van der Waals surface area contributed by atoms with Crippen LogP contribution in [0.5, 0.6) is 0 Å². The summed E-state index contributed by atoms with van der Waals surface area (Å²) in [6.45, 7) is 4.05. The van der Waals surface area contributed by atoms with Gasteiger partial charge in [-0.25, -0.2) is 4.68 Å². The number of benzene rings is 3. The number of hydrogen-bond donors (Lipinski definition) is 1. The Kier molecular flexibility index (Phi) is 5.50. The fourth-order valence-corrected chi connectivity index (χ4v) is 3.37. The van der Waals surface area contributed by atoms with E-state index in [-0.39, 0.29) is 5.11 Å². The van der Waals surface area contributed by atoms with Gasteiger partial charge in [0.15, 0.2) is 5.11 Å². The molecule has 4 aromatic rings. The monoisotopic (exact) mass is 411 g/mol. The van der Waals surface area contributed by atoms with Crippen molar-refractivity contribution in [3.63, 3.8) is 0 Å². The zero-order chi connectivity index (χ0) is 21.1. The van der Waals surface area contributed by atoms with Gasteiger partial charge < -0.3 is 5.73 Å². The zero-order valence-electron chi connectivity index (χ0n) is 16.8. The molecule has 0 amide bonds. The van der Waals surface area contributed by atoms with Crippen molar-refractivity contribution in [2.45, 2.75) is 13.8 Å². The van der Waals surface area contributed by atoms with E-state index in [0.717, 1.165) is 33.6 Å². The molecule has 4 rings (SSSR count). The third-order valence-corrected chi connectivity index (χ3v) is 4.96. The van der Waals surface area contributed by atoms with Crippen LogP contribution in [0.15, 0.2) is 89.1 Å². The van der Waals surface area contributed by atoms with E-state index in [1.165, 1.54) is 0 Å². The van der Waals surface area contributed by atoms with Crippen molar-refractivity contribution >= 4 is 28.7 Å². The lowest BCUT2D eigenvalue weighted by molar-refractivity contribution is 0.951. The van der Waals surface area contributed by atoms with Crippen LogP contribution in [0.4, 0.5) is 11.4 Å². The molecular weight excluding hydrogens is 390 g/mol. The minimum absolute atomic E-state index is 0.152. The molecule has 3 aromatic carbocycles. The third-order valence-electron chi connectivity index (χ3n) is 4.79. The molecule has 0 spiro atoms. The van der Waals surface area contributed by atoms with Gasteiger partial charge in [0.2, 0.25) is 0 Å². The second-order valence-electron chi connectivity index (χ2n) is 7.02. The lowest BCUT2D eigenvalue weighted by Gasteiger charge is -2.06. The molecule has 1 heterocycles. The molecule has 5 nitrogen and oxygen atoms in total. The zero-order valence-corrected chi connectivity index (χ0v) is 17.6. The highest BCUT2D eigenvalue weighted by Gasteiger charge is 2.22. The molecule has 1 aromatic heterocycles. The maximum absolute atomic E-state index is 6.02. The molecule has 0 bridgehead atoms. The van der Waals surface area contributed by atoms with Gasteiger partial charge in [-0.15, -0.1) is 5.11 Å². The molecule has 0 radical (unpaired) electrons. The Morgan fingerprint density at radius 1 is 0.867 bits per heavy atom. The quantitative estimate of drug-likeness (QED) is 0.315. The summed E-state index contributed by atoms with van der Waals surface area (Å²) < 4.78 is 1.56. The predicted octanol–water partition coefficient (Wildman–Crippen LogP) is 6.34. The summed E-state index contributed by atoms with van der Waals surface area (Å²) in [7, 11) is 0. The van der Waals surface area contributed by atoms with Crippen molar-refractivity contribution in [3.8, 4) is 22.5 Å². The van der Waals surface area contributed by atoms with Crippen LogP contribution in [0, 0.1) is 13.8 Å². The number of hydrogen-bond acceptors (Lipinski definition) is 4. The maximum atomic E-state index is 6.02. The Labute approximate surface area is 180 Å². The summed E-state index contributed by atoms with van der Waals surface area (Å²) in [6.07, 6.45) is 0. The number of azo groups is 1. The molecule has 0 aliphatic rings. The number of aryl methyl sites for hydroxylation is 2. The van der Waals surface area contributed by atoms with Crippen molar-refractivity contribution in [1.82, 2.24) is 9.78 Å². The van der Waals surface area contributed by atoms with Gasteiger partial charge >= 0.3 is 0 Å². The van der Waals surface area contributed by atoms with Crippen molar-refractivity contribution in [2.24, 2.45) is 16.0 Å². The standard InChI is InChI=1S/C24H21N5S/c1-16-13-14-17(2)20(15-16)26-27-22-21(18-9-5-3-6-10-18)28-29(24(25)30)23(22)19-11-7-4-8-12-19/h3-15H,1-2H3,(H2,25,30). The molecule has 0 aliphatic carbocycles. The van der Waals surface area contributed by atoms with Crippen LogP contribution in [-0.2, 0) is 0 Å². The lowest BCUT2D eigenvalue weighted by atomic mass is 10.1. The molecule has 0 aliphatic heterocycles. The first-order chi connectivity index (χ1) is 14.5. The van der Waals surface area contributed by atoms with Crippen LogP contribution in [0.2, 0.25) is 0 Å². The van der Waals surface area contributed by atoms with Gasteiger partial charge in [-0.05, 0) is 43.3 Å². The van der Waals surface area contributed by atoms with Crippen LogP contribution in [0.3, 0.4) is 0 Å². The van der Waals surface area contributed by atoms with E-state index in [1.807, 2.05) is 86.6 Å². The van der Waals surface area contributed by atoms with Gasteiger partial charge in [-0.1, -0.05) is 72.8 Å². The smallest absolute Gasteiger partial charge is 0.191 e. The van der Waals surface area contributed by atoms with Gasteiger partial charge in [0.25, 0.3) is 0 Å². The highest BCUT2D eigenvalue weighted by molar-refractivity contribution is 7.80. The summed E-state index contributed by atoms with van der Waals surface area (Å²) in [5.41, 5.74) is 12.9. The van der Waals surface area contributed by atoms with Crippen LogP contribution >= 0.6 is 12.2 Å². The molecule has 148 valence electrons. The summed E-state index contributed by atoms with van der Waals surface area (Å²) in [5, 5.41) is 14.1. The van der Waals surface area contributed by atoms with E-state index in [2.05, 4.69) is 16.3 Å². The first kappa shape index (κ1) is 19.7. The van der Waals surface area contributed by atoms with Gasteiger partial charge in [-0.3, -0.25) is 0 Å². The van der Waals surface area contributed by atoms with E-state index < -0.39 is 0 Å². The van der Waals surface area contributed by atoms with Gasteiger partial charge in [0.1, 0.15) is 17.1 Å². The Balaban J connectivity index is 1.97. The Bertz CT molecular complexity index is 1230. The number of nitrogens with zero attached hydrogens (tertiary/aromatic N) is 4. The average Bonchev–Trinajstić information content (AvgIpc) is 3.15. The first-order valence-corrected chi connectivity index (χ1v) is 9.98. The minimum atomic E-state index is 0.152. The van der Waals surface area contributed by atoms with Gasteiger partial charge in [-0.2, -0.15) is 10.2 Å². The molecular formula is C24H21N5S. The van der Waals surface area contributed by atoms with Crippen molar-refractivity contribution < 1.29 is 0 Å². The Hall–Kier alpha value is -3.64. The highest BCUT2D eigenvalue weighted by Crippen LogP contribution is 2.40. The van der Waals surface area contributed by atoms with Crippen molar-refractivity contribution in [1.29, 1.82) is 0 Å². The van der Waals surface area contributed by atoms with Crippen molar-refractivity contribution in [3.05, 3.63) is 90.0 Å². The number of aromatic nitrogens is 2. The molecule has 30 heavy (non-hydrogen) atoms. The van der Waals surface area contributed by atoms with Crippen LogP contribution in [0.25, 0.3) is 22.5 Å². The third kappa shape index (κ3) is 3.90. The Morgan fingerprint density at radius 3 is 2.13 bits per heavy atom. The normalized spacial score (nSPS) is 11.1. The SMILES string of the molecule is Cc1ccc(C)c(N=Nc2c(-c3ccccc3)nn(C(N)=S)c2-c2ccccc2)c1. The van der Waals surface area contributed by atoms with E-state index in [0.29, 0.717) is 11.4 Å². The maximum Gasteiger partial charge on any atom is 0.191 e. The fourth-order valence-electron chi connectivity index (χ4n) is 3.24. The van der Waals surface area contributed by atoms with E-state index in [9.17, 15) is 0 Å². The Morgan fingerprint density at radius 2 is 1.50 bits per heavy atom. The molecule has 2 N–H and O–H groups in total. The molecule has 0 fully saturated rings. The van der Waals surface area contributed by atoms with E-state index in [4.69, 9.17) is 23.1 Å². The predicted molar refractivity (Wildman–Crippen MR) is 125 cm³/mol. The minimum Gasteiger partial charge on any atom is -0.374 e. The van der Waals surface area contributed by atoms with Crippen LogP contribution < -0.4 is 5.73 Å². The summed E-state index contributed by atoms with van der Waals surface area (Å²) in [5.74, 6) is 0. The van der Waals surface area contributed by atoms with Gasteiger partial charge in [0.05, 0.1) is 5.69 Å². The lowest BCUT2D eigenvalue weighted by Crippen LogP contribution is -2.21. The molecule has 0 atom stereocenters. The highest BCUT2D eigenvalue weighted by atomic mass is 32.1. The summed E-state index contributed by atoms with van der Waals surface area (Å²) in [6, 6.07) is 25.8. The largest absolute Gasteiger partial charge is 0.374 e. The molecule has 0 saturated heterocycles.